The summed E-state index contributed by atoms with van der Waals surface area (Å²) in [7, 11) is 0. The number of hydrogen-bond donors (Lipinski definition) is 3. The third kappa shape index (κ3) is 44.2. The molecule has 0 fully saturated rings. The van der Waals surface area contributed by atoms with Crippen LogP contribution < -0.4 is 5.32 Å². The van der Waals surface area contributed by atoms with Gasteiger partial charge in [0.2, 0.25) is 5.91 Å². The van der Waals surface area contributed by atoms with Crippen LogP contribution in [-0.2, 0) is 14.3 Å². The van der Waals surface area contributed by atoms with Gasteiger partial charge in [0, 0.05) is 12.8 Å². The maximum absolute atomic E-state index is 12.4. The van der Waals surface area contributed by atoms with E-state index >= 15 is 0 Å². The quantitative estimate of drug-likeness (QED) is 0.0323. The first-order chi connectivity index (χ1) is 28.5. The molecule has 2 atom stereocenters. The van der Waals surface area contributed by atoms with Crippen molar-refractivity contribution in [1.82, 2.24) is 5.32 Å². The van der Waals surface area contributed by atoms with E-state index in [4.69, 9.17) is 4.74 Å². The summed E-state index contributed by atoms with van der Waals surface area (Å²) in [5.41, 5.74) is 0. The van der Waals surface area contributed by atoms with E-state index < -0.39 is 12.1 Å². The Hall–Kier alpha value is -1.40. The zero-order chi connectivity index (χ0) is 42.3. The Morgan fingerprint density at radius 2 is 0.793 bits per heavy atom. The standard InChI is InChI=1S/C52H101NO5/c1-3-5-7-9-11-13-15-17-19-21-24-28-32-36-40-44-50(55)49(48-54)53-51(56)45-41-37-33-29-25-23-27-31-35-39-43-47-58-52(57)46-42-38-34-30-26-22-20-18-16-14-12-10-8-6-4-2/h40,44,49-50,54-55H,3-39,41-43,45-48H2,1-2H3,(H,53,56)/b44-40+. The normalized spacial score (nSPS) is 12.7. The SMILES string of the molecule is CCCCCCCCCCCCCCC/C=C/C(O)C(CO)NC(=O)CCCCCCCCCCCCCOC(=O)CCCCCCCCCCCCCCCCC. The number of aliphatic hydroxyl groups excluding tert-OH is 2. The summed E-state index contributed by atoms with van der Waals surface area (Å²) in [4.78, 5) is 24.5. The first kappa shape index (κ1) is 56.6. The summed E-state index contributed by atoms with van der Waals surface area (Å²) in [6, 6.07) is -0.640. The van der Waals surface area contributed by atoms with Gasteiger partial charge in [-0.2, -0.15) is 0 Å². The minimum atomic E-state index is -0.855. The lowest BCUT2D eigenvalue weighted by Gasteiger charge is -2.20. The van der Waals surface area contributed by atoms with Gasteiger partial charge in [0.05, 0.1) is 25.4 Å². The van der Waals surface area contributed by atoms with E-state index in [-0.39, 0.29) is 18.5 Å². The number of amides is 1. The van der Waals surface area contributed by atoms with E-state index in [1.54, 1.807) is 6.08 Å². The van der Waals surface area contributed by atoms with Crippen LogP contribution in [0.5, 0.6) is 0 Å². The second kappa shape index (κ2) is 48.3. The van der Waals surface area contributed by atoms with E-state index in [0.717, 1.165) is 57.8 Å². The number of carbonyl (C=O) groups excluding carboxylic acids is 2. The van der Waals surface area contributed by atoms with Crippen LogP contribution in [0.3, 0.4) is 0 Å². The molecule has 58 heavy (non-hydrogen) atoms. The van der Waals surface area contributed by atoms with Crippen molar-refractivity contribution in [3.05, 3.63) is 12.2 Å². The highest BCUT2D eigenvalue weighted by Crippen LogP contribution is 2.16. The molecule has 3 N–H and O–H groups in total. The zero-order valence-electron chi connectivity index (χ0n) is 39.0. The fourth-order valence-electron chi connectivity index (χ4n) is 8.05. The molecule has 6 nitrogen and oxygen atoms in total. The summed E-state index contributed by atoms with van der Waals surface area (Å²) in [5, 5.41) is 23.0. The molecule has 2 unspecified atom stereocenters. The molecule has 0 saturated heterocycles. The number of ether oxygens (including phenoxy) is 1. The van der Waals surface area contributed by atoms with Gasteiger partial charge in [-0.25, -0.2) is 0 Å². The maximum Gasteiger partial charge on any atom is 0.305 e. The number of nitrogens with one attached hydrogen (secondary N) is 1. The van der Waals surface area contributed by atoms with Crippen molar-refractivity contribution in [2.75, 3.05) is 13.2 Å². The van der Waals surface area contributed by atoms with Crippen molar-refractivity contribution < 1.29 is 24.5 Å². The van der Waals surface area contributed by atoms with Crippen LogP contribution in [0.15, 0.2) is 12.2 Å². The second-order valence-electron chi connectivity index (χ2n) is 17.9. The molecule has 1 amide bonds. The Bertz CT molecular complexity index is 863. The van der Waals surface area contributed by atoms with Crippen LogP contribution in [0.1, 0.15) is 284 Å². The minimum absolute atomic E-state index is 0.0124. The van der Waals surface area contributed by atoms with Gasteiger partial charge in [0.1, 0.15) is 0 Å². The molecule has 0 spiro atoms. The number of rotatable bonds is 48. The van der Waals surface area contributed by atoms with Crippen LogP contribution >= 0.6 is 0 Å². The molecule has 0 aromatic rings. The van der Waals surface area contributed by atoms with Crippen LogP contribution in [-0.4, -0.2) is 47.4 Å². The van der Waals surface area contributed by atoms with Crippen molar-refractivity contribution in [2.24, 2.45) is 0 Å². The highest BCUT2D eigenvalue weighted by Gasteiger charge is 2.18. The number of unbranched alkanes of at least 4 members (excludes halogenated alkanes) is 37. The first-order valence-electron chi connectivity index (χ1n) is 26.0. The van der Waals surface area contributed by atoms with Gasteiger partial charge in [0.15, 0.2) is 0 Å². The fourth-order valence-corrected chi connectivity index (χ4v) is 8.05. The molecule has 0 bridgehead atoms. The van der Waals surface area contributed by atoms with Crippen LogP contribution in [0.2, 0.25) is 0 Å². The molecule has 0 saturated carbocycles. The van der Waals surface area contributed by atoms with Crippen LogP contribution in [0.4, 0.5) is 0 Å². The summed E-state index contributed by atoms with van der Waals surface area (Å²) >= 11 is 0. The van der Waals surface area contributed by atoms with Crippen LogP contribution in [0, 0.1) is 0 Å². The molecule has 0 aromatic heterocycles. The van der Waals surface area contributed by atoms with Gasteiger partial charge >= 0.3 is 5.97 Å². The van der Waals surface area contributed by atoms with Crippen molar-refractivity contribution in [3.8, 4) is 0 Å². The number of aliphatic hydroxyl groups is 2. The predicted octanol–water partition coefficient (Wildman–Crippen LogP) is 15.3. The van der Waals surface area contributed by atoms with E-state index in [1.165, 1.54) is 199 Å². The molecular formula is C52H101NO5. The third-order valence-corrected chi connectivity index (χ3v) is 12.1. The minimum Gasteiger partial charge on any atom is -0.466 e. The Morgan fingerprint density at radius 3 is 1.17 bits per heavy atom. The summed E-state index contributed by atoms with van der Waals surface area (Å²) in [5.74, 6) is -0.0976. The van der Waals surface area contributed by atoms with Gasteiger partial charge in [-0.05, 0) is 32.1 Å². The zero-order valence-corrected chi connectivity index (χ0v) is 39.0. The van der Waals surface area contributed by atoms with Crippen molar-refractivity contribution in [1.29, 1.82) is 0 Å². The average molecular weight is 820 g/mol. The average Bonchev–Trinajstić information content (AvgIpc) is 3.22. The van der Waals surface area contributed by atoms with Crippen molar-refractivity contribution in [3.63, 3.8) is 0 Å². The monoisotopic (exact) mass is 820 g/mol. The Morgan fingerprint density at radius 1 is 0.466 bits per heavy atom. The number of allylic oxidation sites excluding steroid dienone is 1. The molecule has 344 valence electrons. The topological polar surface area (TPSA) is 95.9 Å². The Labute approximate surface area is 361 Å². The first-order valence-corrected chi connectivity index (χ1v) is 26.0. The van der Waals surface area contributed by atoms with E-state index in [0.29, 0.717) is 19.4 Å². The van der Waals surface area contributed by atoms with E-state index in [1.807, 2.05) is 6.08 Å². The van der Waals surface area contributed by atoms with Crippen molar-refractivity contribution in [2.45, 2.75) is 296 Å². The molecule has 0 aliphatic carbocycles. The molecule has 0 radical (unpaired) electrons. The summed E-state index contributed by atoms with van der Waals surface area (Å²) in [6.07, 6.45) is 54.9. The number of esters is 1. The lowest BCUT2D eigenvalue weighted by molar-refractivity contribution is -0.143. The van der Waals surface area contributed by atoms with Gasteiger partial charge in [0.25, 0.3) is 0 Å². The van der Waals surface area contributed by atoms with Crippen molar-refractivity contribution >= 4 is 11.9 Å². The number of carbonyl (C=O) groups is 2. The molecule has 6 heteroatoms. The Balaban J connectivity index is 3.49. The molecule has 0 aliphatic rings. The molecule has 0 rings (SSSR count). The van der Waals surface area contributed by atoms with Gasteiger partial charge in [-0.3, -0.25) is 9.59 Å². The highest BCUT2D eigenvalue weighted by molar-refractivity contribution is 5.76. The van der Waals surface area contributed by atoms with Gasteiger partial charge in [-0.15, -0.1) is 0 Å². The molecule has 0 aromatic carbocycles. The van der Waals surface area contributed by atoms with E-state index in [9.17, 15) is 19.8 Å². The van der Waals surface area contributed by atoms with Gasteiger partial charge in [-0.1, -0.05) is 251 Å². The summed E-state index contributed by atoms with van der Waals surface area (Å²) < 4.78 is 5.46. The summed E-state index contributed by atoms with van der Waals surface area (Å²) in [6.45, 7) is 4.87. The molecular weight excluding hydrogens is 719 g/mol. The fraction of sp³-hybridized carbons (Fsp3) is 0.923. The van der Waals surface area contributed by atoms with Crippen LogP contribution in [0.25, 0.3) is 0 Å². The molecule has 0 heterocycles. The third-order valence-electron chi connectivity index (χ3n) is 12.1. The smallest absolute Gasteiger partial charge is 0.305 e. The maximum atomic E-state index is 12.4. The highest BCUT2D eigenvalue weighted by atomic mass is 16.5. The largest absolute Gasteiger partial charge is 0.466 e. The molecule has 0 aliphatic heterocycles. The predicted molar refractivity (Wildman–Crippen MR) is 250 cm³/mol. The van der Waals surface area contributed by atoms with Gasteiger partial charge < -0.3 is 20.3 Å². The lowest BCUT2D eigenvalue weighted by atomic mass is 10.0. The number of hydrogen-bond acceptors (Lipinski definition) is 5. The second-order valence-corrected chi connectivity index (χ2v) is 17.9. The van der Waals surface area contributed by atoms with E-state index in [2.05, 4.69) is 19.2 Å². The lowest BCUT2D eigenvalue weighted by Crippen LogP contribution is -2.45. The Kier molecular flexibility index (Phi) is 47.1.